The predicted octanol–water partition coefficient (Wildman–Crippen LogP) is 2.54. The summed E-state index contributed by atoms with van der Waals surface area (Å²) in [5.74, 6) is 1.57. The maximum absolute atomic E-state index is 13.0. The molecule has 150 valence electrons. The highest BCUT2D eigenvalue weighted by molar-refractivity contribution is 5.99. The minimum absolute atomic E-state index is 0.0188. The van der Waals surface area contributed by atoms with Crippen LogP contribution in [-0.2, 0) is 16.0 Å². The van der Waals surface area contributed by atoms with Crippen LogP contribution in [0.2, 0.25) is 0 Å². The Kier molecular flexibility index (Phi) is 4.48. The zero-order valence-corrected chi connectivity index (χ0v) is 17.0. The van der Waals surface area contributed by atoms with Crippen LogP contribution in [0.5, 0.6) is 11.5 Å². The Hall–Kier alpha value is -2.70. The number of benzene rings is 1. The molecule has 0 unspecified atom stereocenters. The van der Waals surface area contributed by atoms with Crippen molar-refractivity contribution in [2.75, 3.05) is 14.2 Å². The van der Waals surface area contributed by atoms with Crippen LogP contribution < -0.4 is 14.8 Å². The van der Waals surface area contributed by atoms with Gasteiger partial charge >= 0.3 is 0 Å². The Morgan fingerprint density at radius 1 is 1.18 bits per heavy atom. The average molecular weight is 385 g/mol. The number of hydrogen-bond acceptors (Lipinski definition) is 4. The number of amides is 2. The average Bonchev–Trinajstić information content (AvgIpc) is 3.02. The Balaban J connectivity index is 1.92. The Bertz CT molecular complexity index is 949. The summed E-state index contributed by atoms with van der Waals surface area (Å²) in [5.41, 5.74) is 3.03. The van der Waals surface area contributed by atoms with Crippen LogP contribution in [0.4, 0.5) is 0 Å². The number of carbonyl (C=O) groups is 2. The largest absolute Gasteiger partial charge is 0.493 e. The molecule has 1 saturated heterocycles. The van der Waals surface area contributed by atoms with E-state index in [4.69, 9.17) is 9.47 Å². The van der Waals surface area contributed by atoms with E-state index >= 15 is 0 Å². The van der Waals surface area contributed by atoms with Crippen molar-refractivity contribution in [1.82, 2.24) is 15.2 Å². The topological polar surface area (TPSA) is 83.7 Å². The zero-order chi connectivity index (χ0) is 20.2. The smallest absolute Gasteiger partial charge is 0.246 e. The number of aromatic nitrogens is 1. The summed E-state index contributed by atoms with van der Waals surface area (Å²) < 4.78 is 10.9. The van der Waals surface area contributed by atoms with Crippen molar-refractivity contribution >= 4 is 22.7 Å². The molecule has 2 N–H and O–H groups in total. The highest BCUT2D eigenvalue weighted by atomic mass is 16.5. The van der Waals surface area contributed by atoms with E-state index in [1.165, 1.54) is 0 Å². The maximum Gasteiger partial charge on any atom is 0.246 e. The van der Waals surface area contributed by atoms with Crippen LogP contribution in [0.1, 0.15) is 44.5 Å². The molecule has 0 bridgehead atoms. The summed E-state index contributed by atoms with van der Waals surface area (Å²) in [6, 6.07) is 2.75. The summed E-state index contributed by atoms with van der Waals surface area (Å²) in [4.78, 5) is 31.0. The van der Waals surface area contributed by atoms with E-state index in [1.807, 2.05) is 12.1 Å². The van der Waals surface area contributed by atoms with Crippen molar-refractivity contribution in [3.8, 4) is 11.5 Å². The van der Waals surface area contributed by atoms with E-state index in [2.05, 4.69) is 24.1 Å². The normalized spacial score (nSPS) is 24.2. The molecule has 7 heteroatoms. The number of nitrogens with one attached hydrogen (secondary N) is 2. The van der Waals surface area contributed by atoms with Gasteiger partial charge in [0, 0.05) is 29.1 Å². The van der Waals surface area contributed by atoms with Gasteiger partial charge < -0.3 is 24.7 Å². The third kappa shape index (κ3) is 2.72. The van der Waals surface area contributed by atoms with Gasteiger partial charge in [0.05, 0.1) is 20.3 Å². The molecule has 1 fully saturated rings. The lowest BCUT2D eigenvalue weighted by molar-refractivity contribution is -0.153. The van der Waals surface area contributed by atoms with Gasteiger partial charge in [0.15, 0.2) is 11.5 Å². The summed E-state index contributed by atoms with van der Waals surface area (Å²) in [7, 11) is 3.22. The van der Waals surface area contributed by atoms with Gasteiger partial charge in [-0.1, -0.05) is 13.8 Å². The second-order valence-corrected chi connectivity index (χ2v) is 8.11. The molecule has 28 heavy (non-hydrogen) atoms. The minimum Gasteiger partial charge on any atom is -0.493 e. The van der Waals surface area contributed by atoms with Crippen LogP contribution in [0, 0.1) is 5.92 Å². The van der Waals surface area contributed by atoms with E-state index in [-0.39, 0.29) is 17.9 Å². The van der Waals surface area contributed by atoms with Crippen LogP contribution in [0.25, 0.3) is 10.9 Å². The van der Waals surface area contributed by atoms with Crippen LogP contribution in [0.15, 0.2) is 12.1 Å². The van der Waals surface area contributed by atoms with Crippen molar-refractivity contribution in [3.63, 3.8) is 0 Å². The number of carbonyl (C=O) groups excluding carboxylic acids is 2. The van der Waals surface area contributed by atoms with Gasteiger partial charge in [0.1, 0.15) is 12.1 Å². The second kappa shape index (κ2) is 6.72. The molecule has 0 saturated carbocycles. The SMILES string of the molecule is COc1cc2[nH]c3c(c2cc1OC)C[C@H]1C(=O)N[C@@H](C)C(=O)N1[C@H]3CC(C)C. The fraction of sp³-hybridized carbons (Fsp3) is 0.524. The number of ether oxygens (including phenoxy) is 2. The Morgan fingerprint density at radius 3 is 2.50 bits per heavy atom. The number of piperazine rings is 1. The molecule has 1 aromatic heterocycles. The monoisotopic (exact) mass is 385 g/mol. The van der Waals surface area contributed by atoms with E-state index in [9.17, 15) is 9.59 Å². The molecule has 2 aliphatic rings. The third-order valence-corrected chi connectivity index (χ3v) is 5.83. The standard InChI is InChI=1S/C21H27N3O4/c1-10(2)6-15-19-13(7-16-20(25)22-11(3)21(26)24(15)16)12-8-17(27-4)18(28-5)9-14(12)23-19/h8-11,15-16,23H,6-7H2,1-5H3,(H,22,25)/t11-,15-,16-/m0/s1. The Labute approximate surface area is 164 Å². The molecular weight excluding hydrogens is 358 g/mol. The molecule has 2 aliphatic heterocycles. The van der Waals surface area contributed by atoms with Crippen molar-refractivity contribution in [3.05, 3.63) is 23.4 Å². The van der Waals surface area contributed by atoms with Gasteiger partial charge in [0.25, 0.3) is 0 Å². The molecule has 0 radical (unpaired) electrons. The first-order valence-corrected chi connectivity index (χ1v) is 9.74. The summed E-state index contributed by atoms with van der Waals surface area (Å²) in [6.07, 6.45) is 1.28. The third-order valence-electron chi connectivity index (χ3n) is 5.83. The van der Waals surface area contributed by atoms with Crippen LogP contribution in [0.3, 0.4) is 0 Å². The summed E-state index contributed by atoms with van der Waals surface area (Å²) >= 11 is 0. The molecule has 7 nitrogen and oxygen atoms in total. The fourth-order valence-corrected chi connectivity index (χ4v) is 4.55. The molecule has 3 atom stereocenters. The maximum atomic E-state index is 13.0. The lowest BCUT2D eigenvalue weighted by Crippen LogP contribution is -2.65. The number of fused-ring (bicyclic) bond motifs is 4. The number of H-pyrrole nitrogens is 1. The van der Waals surface area contributed by atoms with Gasteiger partial charge in [-0.3, -0.25) is 9.59 Å². The Morgan fingerprint density at radius 2 is 1.86 bits per heavy atom. The number of methoxy groups -OCH3 is 2. The minimum atomic E-state index is -0.496. The van der Waals surface area contributed by atoms with Gasteiger partial charge in [-0.25, -0.2) is 0 Å². The van der Waals surface area contributed by atoms with E-state index in [0.29, 0.717) is 23.8 Å². The van der Waals surface area contributed by atoms with Crippen molar-refractivity contribution in [2.45, 2.75) is 51.7 Å². The first kappa shape index (κ1) is 18.7. The molecule has 1 aromatic carbocycles. The first-order chi connectivity index (χ1) is 13.3. The van der Waals surface area contributed by atoms with E-state index < -0.39 is 12.1 Å². The highest BCUT2D eigenvalue weighted by Gasteiger charge is 2.47. The number of hydrogen-bond donors (Lipinski definition) is 2. The van der Waals surface area contributed by atoms with Gasteiger partial charge in [-0.05, 0) is 30.9 Å². The van der Waals surface area contributed by atoms with Crippen molar-refractivity contribution < 1.29 is 19.1 Å². The summed E-state index contributed by atoms with van der Waals surface area (Å²) in [5, 5.41) is 3.84. The van der Waals surface area contributed by atoms with Crippen molar-refractivity contribution in [2.24, 2.45) is 5.92 Å². The molecule has 3 heterocycles. The van der Waals surface area contributed by atoms with E-state index in [1.54, 1.807) is 26.0 Å². The van der Waals surface area contributed by atoms with E-state index in [0.717, 1.165) is 28.6 Å². The highest BCUT2D eigenvalue weighted by Crippen LogP contribution is 2.43. The van der Waals surface area contributed by atoms with Crippen LogP contribution >= 0.6 is 0 Å². The van der Waals surface area contributed by atoms with Gasteiger partial charge in [-0.15, -0.1) is 0 Å². The second-order valence-electron chi connectivity index (χ2n) is 8.11. The molecule has 0 spiro atoms. The lowest BCUT2D eigenvalue weighted by atomic mass is 9.85. The fourth-order valence-electron chi connectivity index (χ4n) is 4.55. The molecule has 0 aliphatic carbocycles. The van der Waals surface area contributed by atoms with Crippen LogP contribution in [-0.4, -0.2) is 48.0 Å². The number of rotatable bonds is 4. The molecular formula is C21H27N3O4. The predicted molar refractivity (Wildman–Crippen MR) is 106 cm³/mol. The first-order valence-electron chi connectivity index (χ1n) is 9.74. The molecule has 2 aromatic rings. The zero-order valence-electron chi connectivity index (χ0n) is 17.0. The van der Waals surface area contributed by atoms with Crippen molar-refractivity contribution in [1.29, 1.82) is 0 Å². The summed E-state index contributed by atoms with van der Waals surface area (Å²) in [6.45, 7) is 6.02. The van der Waals surface area contributed by atoms with Gasteiger partial charge in [0.2, 0.25) is 11.8 Å². The van der Waals surface area contributed by atoms with Gasteiger partial charge in [-0.2, -0.15) is 0 Å². The number of nitrogens with zero attached hydrogens (tertiary/aromatic N) is 1. The quantitative estimate of drug-likeness (QED) is 0.847. The number of aromatic amines is 1. The lowest BCUT2D eigenvalue weighted by Gasteiger charge is -2.46. The molecule has 2 amide bonds. The molecule has 4 rings (SSSR count).